The van der Waals surface area contributed by atoms with E-state index in [1.54, 1.807) is 0 Å². The van der Waals surface area contributed by atoms with Gasteiger partial charge in [-0.25, -0.2) is 0 Å². The van der Waals surface area contributed by atoms with Crippen LogP contribution >= 0.6 is 0 Å². The molecule has 2 aliphatic rings. The van der Waals surface area contributed by atoms with Crippen LogP contribution in [0.5, 0.6) is 0 Å². The van der Waals surface area contributed by atoms with E-state index in [-0.39, 0.29) is 0 Å². The van der Waals surface area contributed by atoms with E-state index in [1.165, 1.54) is 24.1 Å². The Morgan fingerprint density at radius 3 is 2.37 bits per heavy atom. The van der Waals surface area contributed by atoms with Crippen molar-refractivity contribution in [2.24, 2.45) is 0 Å². The zero-order valence-electron chi connectivity index (χ0n) is 11.9. The molecule has 3 heteroatoms. The molecule has 2 heterocycles. The maximum Gasteiger partial charge on any atom is 0.0755 e. The standard InChI is InChI=1S/C16H24N2O/c1-12(2)17-9-13-3-5-14(6-4-13)18-10-15-7-8-16(11-18)19-15/h3-6,12,15-17H,7-11H2,1-2H3. The van der Waals surface area contributed by atoms with Crippen LogP contribution < -0.4 is 10.2 Å². The third kappa shape index (κ3) is 3.10. The van der Waals surface area contributed by atoms with Gasteiger partial charge in [0, 0.05) is 31.4 Å². The van der Waals surface area contributed by atoms with Crippen LogP contribution in [0.3, 0.4) is 0 Å². The number of ether oxygens (including phenoxy) is 1. The second-order valence-electron chi connectivity index (χ2n) is 6.06. The van der Waals surface area contributed by atoms with Crippen molar-refractivity contribution in [1.29, 1.82) is 0 Å². The lowest BCUT2D eigenvalue weighted by Crippen LogP contribution is -2.42. The summed E-state index contributed by atoms with van der Waals surface area (Å²) >= 11 is 0. The van der Waals surface area contributed by atoms with Crippen LogP contribution in [-0.4, -0.2) is 31.3 Å². The Morgan fingerprint density at radius 2 is 1.79 bits per heavy atom. The normalized spacial score (nSPS) is 26.2. The van der Waals surface area contributed by atoms with E-state index in [0.717, 1.165) is 19.6 Å². The number of rotatable bonds is 4. The number of anilines is 1. The predicted molar refractivity (Wildman–Crippen MR) is 78.5 cm³/mol. The molecule has 0 spiro atoms. The van der Waals surface area contributed by atoms with Gasteiger partial charge < -0.3 is 15.0 Å². The molecule has 2 unspecified atom stereocenters. The number of nitrogens with one attached hydrogen (secondary N) is 1. The average molecular weight is 260 g/mol. The van der Waals surface area contributed by atoms with Crippen molar-refractivity contribution in [2.75, 3.05) is 18.0 Å². The maximum atomic E-state index is 5.89. The lowest BCUT2D eigenvalue weighted by molar-refractivity contribution is 0.0305. The summed E-state index contributed by atoms with van der Waals surface area (Å²) in [6.45, 7) is 7.42. The Labute approximate surface area is 115 Å². The van der Waals surface area contributed by atoms with Gasteiger partial charge in [-0.15, -0.1) is 0 Å². The summed E-state index contributed by atoms with van der Waals surface area (Å²) in [5.41, 5.74) is 2.70. The first-order valence-corrected chi connectivity index (χ1v) is 7.43. The first-order chi connectivity index (χ1) is 9.20. The number of hydrogen-bond donors (Lipinski definition) is 1. The molecule has 3 rings (SSSR count). The second kappa shape index (κ2) is 5.51. The Morgan fingerprint density at radius 1 is 1.16 bits per heavy atom. The van der Waals surface area contributed by atoms with Gasteiger partial charge in [-0.2, -0.15) is 0 Å². The van der Waals surface area contributed by atoms with Crippen LogP contribution in [0.2, 0.25) is 0 Å². The summed E-state index contributed by atoms with van der Waals surface area (Å²) in [4.78, 5) is 2.48. The van der Waals surface area contributed by atoms with E-state index in [0.29, 0.717) is 18.2 Å². The van der Waals surface area contributed by atoms with Gasteiger partial charge >= 0.3 is 0 Å². The number of nitrogens with zero attached hydrogens (tertiary/aromatic N) is 1. The van der Waals surface area contributed by atoms with E-state index in [9.17, 15) is 0 Å². The third-order valence-corrected chi connectivity index (χ3v) is 4.06. The molecule has 2 atom stereocenters. The molecule has 2 fully saturated rings. The summed E-state index contributed by atoms with van der Waals surface area (Å²) in [5, 5.41) is 3.45. The average Bonchev–Trinajstić information content (AvgIpc) is 2.76. The van der Waals surface area contributed by atoms with Gasteiger partial charge in [-0.3, -0.25) is 0 Å². The molecule has 0 amide bonds. The monoisotopic (exact) mass is 260 g/mol. The van der Waals surface area contributed by atoms with E-state index < -0.39 is 0 Å². The van der Waals surface area contributed by atoms with Gasteiger partial charge in [0.05, 0.1) is 12.2 Å². The maximum absolute atomic E-state index is 5.89. The minimum Gasteiger partial charge on any atom is -0.371 e. The van der Waals surface area contributed by atoms with Crippen LogP contribution in [0.1, 0.15) is 32.3 Å². The molecule has 3 nitrogen and oxygen atoms in total. The highest BCUT2D eigenvalue weighted by molar-refractivity contribution is 5.48. The molecule has 0 aromatic heterocycles. The Kier molecular flexibility index (Phi) is 3.76. The van der Waals surface area contributed by atoms with E-state index >= 15 is 0 Å². The Balaban J connectivity index is 1.62. The smallest absolute Gasteiger partial charge is 0.0755 e. The first kappa shape index (κ1) is 12.9. The van der Waals surface area contributed by atoms with E-state index in [1.807, 2.05) is 0 Å². The van der Waals surface area contributed by atoms with Crippen molar-refractivity contribution in [2.45, 2.75) is 51.5 Å². The minimum absolute atomic E-state index is 0.459. The third-order valence-electron chi connectivity index (χ3n) is 4.06. The van der Waals surface area contributed by atoms with Gasteiger partial charge in [-0.05, 0) is 30.5 Å². The van der Waals surface area contributed by atoms with Gasteiger partial charge in [0.2, 0.25) is 0 Å². The quantitative estimate of drug-likeness (QED) is 0.900. The number of fused-ring (bicyclic) bond motifs is 2. The molecule has 0 saturated carbocycles. The molecule has 19 heavy (non-hydrogen) atoms. The largest absolute Gasteiger partial charge is 0.371 e. The first-order valence-electron chi connectivity index (χ1n) is 7.43. The van der Waals surface area contributed by atoms with Gasteiger partial charge in [-0.1, -0.05) is 26.0 Å². The fourth-order valence-corrected chi connectivity index (χ4v) is 2.97. The molecule has 104 valence electrons. The van der Waals surface area contributed by atoms with Gasteiger partial charge in [0.1, 0.15) is 0 Å². The van der Waals surface area contributed by atoms with E-state index in [4.69, 9.17) is 4.74 Å². The lowest BCUT2D eigenvalue weighted by Gasteiger charge is -2.34. The van der Waals surface area contributed by atoms with Crippen molar-refractivity contribution in [3.63, 3.8) is 0 Å². The molecule has 2 saturated heterocycles. The highest BCUT2D eigenvalue weighted by atomic mass is 16.5. The molecule has 2 bridgehead atoms. The Bertz CT molecular complexity index is 403. The minimum atomic E-state index is 0.459. The van der Waals surface area contributed by atoms with Crippen molar-refractivity contribution < 1.29 is 4.74 Å². The summed E-state index contributed by atoms with van der Waals surface area (Å²) in [6.07, 6.45) is 3.39. The summed E-state index contributed by atoms with van der Waals surface area (Å²) in [7, 11) is 0. The number of hydrogen-bond acceptors (Lipinski definition) is 3. The predicted octanol–water partition coefficient (Wildman–Crippen LogP) is 2.55. The zero-order chi connectivity index (χ0) is 13.2. The van der Waals surface area contributed by atoms with Crippen LogP contribution in [0, 0.1) is 0 Å². The fraction of sp³-hybridized carbons (Fsp3) is 0.625. The van der Waals surface area contributed by atoms with Gasteiger partial charge in [0.25, 0.3) is 0 Å². The zero-order valence-corrected chi connectivity index (χ0v) is 11.9. The van der Waals surface area contributed by atoms with E-state index in [2.05, 4.69) is 48.3 Å². The number of benzene rings is 1. The SMILES string of the molecule is CC(C)NCc1ccc(N2CC3CCC(C2)O3)cc1. The highest BCUT2D eigenvalue weighted by Crippen LogP contribution is 2.29. The van der Waals surface area contributed by atoms with Crippen molar-refractivity contribution in [1.82, 2.24) is 5.32 Å². The van der Waals surface area contributed by atoms with Crippen molar-refractivity contribution in [3.8, 4) is 0 Å². The number of morpholine rings is 1. The highest BCUT2D eigenvalue weighted by Gasteiger charge is 2.33. The van der Waals surface area contributed by atoms with Crippen molar-refractivity contribution in [3.05, 3.63) is 29.8 Å². The lowest BCUT2D eigenvalue weighted by atomic mass is 10.1. The molecule has 1 aromatic rings. The molecular formula is C16H24N2O. The summed E-state index contributed by atoms with van der Waals surface area (Å²) in [6, 6.07) is 9.52. The van der Waals surface area contributed by atoms with Crippen LogP contribution in [0.15, 0.2) is 24.3 Å². The van der Waals surface area contributed by atoms with Crippen LogP contribution in [0.25, 0.3) is 0 Å². The second-order valence-corrected chi connectivity index (χ2v) is 6.06. The topological polar surface area (TPSA) is 24.5 Å². The molecule has 1 N–H and O–H groups in total. The molecule has 1 aromatic carbocycles. The summed E-state index contributed by atoms with van der Waals surface area (Å²) in [5.74, 6) is 0. The fourth-order valence-electron chi connectivity index (χ4n) is 2.97. The van der Waals surface area contributed by atoms with Crippen LogP contribution in [0.4, 0.5) is 5.69 Å². The molecule has 2 aliphatic heterocycles. The van der Waals surface area contributed by atoms with Crippen molar-refractivity contribution >= 4 is 5.69 Å². The molecule has 0 aliphatic carbocycles. The summed E-state index contributed by atoms with van der Waals surface area (Å²) < 4.78 is 5.89. The van der Waals surface area contributed by atoms with Gasteiger partial charge in [0.15, 0.2) is 0 Å². The van der Waals surface area contributed by atoms with Crippen LogP contribution in [-0.2, 0) is 11.3 Å². The Hall–Kier alpha value is -1.06. The molecular weight excluding hydrogens is 236 g/mol. The molecule has 0 radical (unpaired) electrons.